The second-order valence-electron chi connectivity index (χ2n) is 15.9. The van der Waals surface area contributed by atoms with Gasteiger partial charge in [-0.1, -0.05) is 194 Å². The zero-order valence-corrected chi connectivity index (χ0v) is 33.6. The molecule has 62 heavy (non-hydrogen) atoms. The molecule has 0 amide bonds. The maximum atomic E-state index is 6.70. The van der Waals surface area contributed by atoms with Crippen LogP contribution in [0.4, 0.5) is 0 Å². The van der Waals surface area contributed by atoms with Crippen molar-refractivity contribution in [3.05, 3.63) is 247 Å². The topological polar surface area (TPSA) is 47.9 Å². The first kappa shape index (κ1) is 35.7. The summed E-state index contributed by atoms with van der Waals surface area (Å²) in [7, 11) is 0. The Bertz CT molecular complexity index is 3180. The lowest BCUT2D eigenvalue weighted by Gasteiger charge is -2.39. The number of aromatic nitrogens is 3. The second-order valence-corrected chi connectivity index (χ2v) is 15.9. The summed E-state index contributed by atoms with van der Waals surface area (Å²) in [5.74, 6) is 3.61. The fraction of sp³-hybridized carbons (Fsp3) is 0.0172. The molecular weight excluding hydrogens is 755 g/mol. The Labute approximate surface area is 360 Å². The van der Waals surface area contributed by atoms with Crippen LogP contribution in [0.25, 0.3) is 78.7 Å². The van der Waals surface area contributed by atoms with Crippen molar-refractivity contribution >= 4 is 0 Å². The van der Waals surface area contributed by atoms with E-state index in [1.807, 2.05) is 12.1 Å². The fourth-order valence-electron chi connectivity index (χ4n) is 9.55. The molecule has 9 aromatic carbocycles. The molecule has 2 heterocycles. The second kappa shape index (κ2) is 14.5. The molecule has 1 aliphatic heterocycles. The summed E-state index contributed by atoms with van der Waals surface area (Å²) < 4.78 is 6.70. The first-order valence-corrected chi connectivity index (χ1v) is 21.0. The molecule has 0 saturated heterocycles. The van der Waals surface area contributed by atoms with Crippen LogP contribution in [0.5, 0.6) is 11.5 Å². The SMILES string of the molecule is c1ccc(-c2cccc(-c3nc(-c4ccc(-c5ccc6c(c5)C5(c7ccccc7O6)c6ccccc6-c6ccccc65)cc4)nc(-c4cccc(-c5ccccc5)c4)n3)c2)cc1. The van der Waals surface area contributed by atoms with Gasteiger partial charge in [0.1, 0.15) is 11.5 Å². The normalized spacial score (nSPS) is 12.8. The van der Waals surface area contributed by atoms with Gasteiger partial charge in [0.25, 0.3) is 0 Å². The average Bonchev–Trinajstić information content (AvgIpc) is 3.65. The molecule has 2 aliphatic rings. The average molecular weight is 792 g/mol. The van der Waals surface area contributed by atoms with Crippen molar-refractivity contribution in [2.45, 2.75) is 5.41 Å². The molecular formula is C58H37N3O. The Morgan fingerprint density at radius 1 is 0.258 bits per heavy atom. The summed E-state index contributed by atoms with van der Waals surface area (Å²) in [5, 5.41) is 0. The molecule has 1 aliphatic carbocycles. The van der Waals surface area contributed by atoms with Crippen LogP contribution in [0.1, 0.15) is 22.3 Å². The number of para-hydroxylation sites is 1. The number of rotatable bonds is 6. The lowest BCUT2D eigenvalue weighted by Crippen LogP contribution is -2.32. The van der Waals surface area contributed by atoms with Crippen LogP contribution in [0.3, 0.4) is 0 Å². The van der Waals surface area contributed by atoms with E-state index in [2.05, 4.69) is 212 Å². The summed E-state index contributed by atoms with van der Waals surface area (Å²) in [6.07, 6.45) is 0. The van der Waals surface area contributed by atoms with Crippen LogP contribution in [0.2, 0.25) is 0 Å². The maximum absolute atomic E-state index is 6.70. The molecule has 10 aromatic rings. The van der Waals surface area contributed by atoms with Gasteiger partial charge >= 0.3 is 0 Å². The van der Waals surface area contributed by atoms with Gasteiger partial charge in [0, 0.05) is 27.8 Å². The quantitative estimate of drug-likeness (QED) is 0.168. The lowest BCUT2D eigenvalue weighted by molar-refractivity contribution is 0.436. The van der Waals surface area contributed by atoms with Gasteiger partial charge in [0.05, 0.1) is 5.41 Å². The third-order valence-corrected chi connectivity index (χ3v) is 12.4. The van der Waals surface area contributed by atoms with Crippen molar-refractivity contribution in [1.29, 1.82) is 0 Å². The van der Waals surface area contributed by atoms with E-state index in [0.29, 0.717) is 17.5 Å². The minimum atomic E-state index is -0.527. The zero-order chi connectivity index (χ0) is 41.0. The third-order valence-electron chi connectivity index (χ3n) is 12.4. The summed E-state index contributed by atoms with van der Waals surface area (Å²) >= 11 is 0. The largest absolute Gasteiger partial charge is 0.457 e. The molecule has 0 saturated carbocycles. The highest BCUT2D eigenvalue weighted by Crippen LogP contribution is 2.62. The van der Waals surface area contributed by atoms with Gasteiger partial charge in [-0.15, -0.1) is 0 Å². The van der Waals surface area contributed by atoms with Crippen LogP contribution in [-0.2, 0) is 5.41 Å². The first-order valence-electron chi connectivity index (χ1n) is 21.0. The number of ether oxygens (including phenoxy) is 1. The molecule has 0 bridgehead atoms. The number of fused-ring (bicyclic) bond motifs is 9. The van der Waals surface area contributed by atoms with Gasteiger partial charge in [-0.2, -0.15) is 0 Å². The molecule has 290 valence electrons. The number of benzene rings is 9. The van der Waals surface area contributed by atoms with Gasteiger partial charge in [-0.05, 0) is 86.0 Å². The van der Waals surface area contributed by atoms with Crippen LogP contribution >= 0.6 is 0 Å². The summed E-state index contributed by atoms with van der Waals surface area (Å²) in [6, 6.07) is 79.1. The highest BCUT2D eigenvalue weighted by atomic mass is 16.5. The van der Waals surface area contributed by atoms with E-state index in [4.69, 9.17) is 19.7 Å². The minimum Gasteiger partial charge on any atom is -0.457 e. The minimum absolute atomic E-state index is 0.527. The summed E-state index contributed by atoms with van der Waals surface area (Å²) in [4.78, 5) is 15.4. The van der Waals surface area contributed by atoms with E-state index < -0.39 is 5.41 Å². The highest BCUT2D eigenvalue weighted by molar-refractivity contribution is 5.89. The van der Waals surface area contributed by atoms with E-state index in [9.17, 15) is 0 Å². The van der Waals surface area contributed by atoms with E-state index in [-0.39, 0.29) is 0 Å². The first-order chi connectivity index (χ1) is 30.7. The molecule has 0 fully saturated rings. The zero-order valence-electron chi connectivity index (χ0n) is 33.6. The monoisotopic (exact) mass is 791 g/mol. The van der Waals surface area contributed by atoms with Crippen LogP contribution in [-0.4, -0.2) is 15.0 Å². The van der Waals surface area contributed by atoms with Crippen molar-refractivity contribution in [2.75, 3.05) is 0 Å². The van der Waals surface area contributed by atoms with Crippen molar-refractivity contribution in [3.8, 4) is 90.2 Å². The predicted molar refractivity (Wildman–Crippen MR) is 250 cm³/mol. The molecule has 4 nitrogen and oxygen atoms in total. The van der Waals surface area contributed by atoms with Crippen molar-refractivity contribution in [1.82, 2.24) is 15.0 Å². The molecule has 0 unspecified atom stereocenters. The number of nitrogens with zero attached hydrogens (tertiary/aromatic N) is 3. The number of hydrogen-bond acceptors (Lipinski definition) is 4. The van der Waals surface area contributed by atoms with Gasteiger partial charge in [0.2, 0.25) is 0 Å². The Balaban J connectivity index is 0.972. The number of hydrogen-bond donors (Lipinski definition) is 0. The van der Waals surface area contributed by atoms with E-state index in [0.717, 1.165) is 72.7 Å². The van der Waals surface area contributed by atoms with Crippen LogP contribution < -0.4 is 4.74 Å². The highest BCUT2D eigenvalue weighted by Gasteiger charge is 2.51. The van der Waals surface area contributed by atoms with Gasteiger partial charge in [-0.3, -0.25) is 0 Å². The van der Waals surface area contributed by atoms with Crippen molar-refractivity contribution < 1.29 is 4.74 Å². The molecule has 4 heteroatoms. The summed E-state index contributed by atoms with van der Waals surface area (Å²) in [6.45, 7) is 0. The van der Waals surface area contributed by atoms with Crippen LogP contribution in [0, 0.1) is 0 Å². The Morgan fingerprint density at radius 2 is 0.645 bits per heavy atom. The van der Waals surface area contributed by atoms with Gasteiger partial charge in [0.15, 0.2) is 17.5 Å². The molecule has 0 atom stereocenters. The predicted octanol–water partition coefficient (Wildman–Crippen LogP) is 14.3. The molecule has 0 radical (unpaired) electrons. The van der Waals surface area contributed by atoms with Crippen molar-refractivity contribution in [3.63, 3.8) is 0 Å². The molecule has 1 spiro atoms. The Kier molecular flexibility index (Phi) is 8.36. The van der Waals surface area contributed by atoms with E-state index in [1.54, 1.807) is 0 Å². The van der Waals surface area contributed by atoms with Gasteiger partial charge in [-0.25, -0.2) is 15.0 Å². The van der Waals surface area contributed by atoms with E-state index >= 15 is 0 Å². The van der Waals surface area contributed by atoms with E-state index in [1.165, 1.54) is 22.3 Å². The molecule has 1 aromatic heterocycles. The Hall–Kier alpha value is -8.21. The molecule has 0 N–H and O–H groups in total. The Morgan fingerprint density at radius 3 is 1.23 bits per heavy atom. The van der Waals surface area contributed by atoms with Crippen molar-refractivity contribution in [2.24, 2.45) is 0 Å². The van der Waals surface area contributed by atoms with Crippen LogP contribution in [0.15, 0.2) is 224 Å². The third kappa shape index (κ3) is 5.80. The lowest BCUT2D eigenvalue weighted by atomic mass is 9.66. The fourth-order valence-corrected chi connectivity index (χ4v) is 9.55. The standard InChI is InChI=1S/C58H37N3O/c1-3-15-38(16-4-1)42-19-13-21-45(35-42)56-59-55(60-57(61-56)46-22-14-20-43(36-46)39-17-5-2-6-18-39)41-31-29-40(30-32-41)44-33-34-54-52(37-44)58(51-27-11-12-28-53(51)62-54)49-25-9-7-23-47(49)48-24-8-10-26-50(48)58/h1-37H. The van der Waals surface area contributed by atoms with Gasteiger partial charge < -0.3 is 4.74 Å². The summed E-state index contributed by atoms with van der Waals surface area (Å²) in [5.41, 5.74) is 16.3. The maximum Gasteiger partial charge on any atom is 0.164 e. The smallest absolute Gasteiger partial charge is 0.164 e. The molecule has 12 rings (SSSR count).